The number of carbonyl (C=O) groups excluding carboxylic acids is 4. The van der Waals surface area contributed by atoms with Gasteiger partial charge in [0.15, 0.2) is 25.0 Å². The fourth-order valence-corrected chi connectivity index (χ4v) is 12.3. The average molecular weight is 1400 g/mol. The highest BCUT2D eigenvalue weighted by molar-refractivity contribution is 7.52. The zero-order chi connectivity index (χ0) is 70.5. The molecule has 560 valence electrons. The number of unbranched alkanes of at least 4 members (excludes halogenated alkanes) is 21. The number of nitrogens with one attached hydrogen (secondary N) is 2. The zero-order valence-corrected chi connectivity index (χ0v) is 58.6. The van der Waals surface area contributed by atoms with Gasteiger partial charge in [-0.15, -0.1) is 0 Å². The maximum atomic E-state index is 13.6. The highest BCUT2D eigenvalue weighted by Gasteiger charge is 2.53. The molecule has 12 N–H and O–H groups in total. The molecule has 3 heterocycles. The molecule has 8 unspecified atom stereocenters. The van der Waals surface area contributed by atoms with E-state index in [0.717, 1.165) is 83.5 Å². The summed E-state index contributed by atoms with van der Waals surface area (Å²) in [4.78, 5) is 52.1. The van der Waals surface area contributed by atoms with E-state index in [9.17, 15) is 74.8 Å². The molecule has 3 aliphatic heterocycles. The van der Waals surface area contributed by atoms with Crippen LogP contribution in [0.15, 0.2) is 24.3 Å². The molecule has 0 radical (unpaired) electrons. The Morgan fingerprint density at radius 3 is 1.45 bits per heavy atom. The summed E-state index contributed by atoms with van der Waals surface area (Å²) in [5, 5.41) is 110. The van der Waals surface area contributed by atoms with E-state index >= 15 is 0 Å². The summed E-state index contributed by atoms with van der Waals surface area (Å²) in [6.07, 6.45) is 9.79. The summed E-state index contributed by atoms with van der Waals surface area (Å²) in [5.41, 5.74) is 0. The molecular formula is C68H123N2O25P. The van der Waals surface area contributed by atoms with Crippen molar-refractivity contribution in [3.05, 3.63) is 24.3 Å². The first kappa shape index (κ1) is 87.1. The van der Waals surface area contributed by atoms with Crippen LogP contribution in [0.2, 0.25) is 0 Å². The number of amides is 2. The monoisotopic (exact) mass is 1400 g/mol. The van der Waals surface area contributed by atoms with Gasteiger partial charge in [-0.05, 0) is 64.2 Å². The van der Waals surface area contributed by atoms with Crippen molar-refractivity contribution in [3.8, 4) is 0 Å². The fraction of sp³-hybridized carbons (Fsp3) is 0.882. The van der Waals surface area contributed by atoms with E-state index in [1.165, 1.54) is 70.9 Å². The van der Waals surface area contributed by atoms with Gasteiger partial charge in [-0.25, -0.2) is 0 Å². The molecule has 0 aromatic carbocycles. The zero-order valence-electron chi connectivity index (χ0n) is 57.7. The van der Waals surface area contributed by atoms with Crippen LogP contribution in [-0.2, 0) is 70.7 Å². The number of ether oxygens (including phenoxy) is 8. The molecule has 0 aliphatic carbocycles. The van der Waals surface area contributed by atoms with Crippen LogP contribution in [-0.4, -0.2) is 239 Å². The second-order valence-electron chi connectivity index (χ2n) is 25.5. The molecule has 3 saturated heterocycles. The largest absolute Gasteiger partial charge is 0.461 e. The summed E-state index contributed by atoms with van der Waals surface area (Å²) >= 11 is 0. The van der Waals surface area contributed by atoms with Gasteiger partial charge in [0, 0.05) is 39.0 Å². The van der Waals surface area contributed by atoms with Gasteiger partial charge < -0.3 is 109 Å². The van der Waals surface area contributed by atoms with Crippen molar-refractivity contribution in [1.29, 1.82) is 0 Å². The van der Waals surface area contributed by atoms with Crippen LogP contribution in [0.25, 0.3) is 0 Å². The molecular weight excluding hydrogens is 1280 g/mol. The van der Waals surface area contributed by atoms with Gasteiger partial charge in [-0.3, -0.25) is 23.7 Å². The summed E-state index contributed by atoms with van der Waals surface area (Å²) < 4.78 is 69.7. The Bertz CT molecular complexity index is 2160. The fourth-order valence-electron chi connectivity index (χ4n) is 11.3. The number of carbonyl (C=O) groups is 4. The molecule has 3 aliphatic rings. The van der Waals surface area contributed by atoms with E-state index in [-0.39, 0.29) is 70.6 Å². The van der Waals surface area contributed by atoms with Crippen molar-refractivity contribution >= 4 is 31.3 Å². The number of esters is 2. The minimum Gasteiger partial charge on any atom is -0.461 e. The highest BCUT2D eigenvalue weighted by atomic mass is 31.2. The van der Waals surface area contributed by atoms with Crippen molar-refractivity contribution in [2.75, 3.05) is 66.0 Å². The van der Waals surface area contributed by atoms with Gasteiger partial charge in [-0.2, -0.15) is 0 Å². The second-order valence-corrected chi connectivity index (χ2v) is 27.6. The lowest BCUT2D eigenvalue weighted by Gasteiger charge is -2.48. The predicted octanol–water partition coefficient (Wildman–Crippen LogP) is 5.49. The van der Waals surface area contributed by atoms with E-state index in [1.54, 1.807) is 0 Å². The van der Waals surface area contributed by atoms with E-state index < -0.39 is 143 Å². The molecule has 2 amide bonds. The van der Waals surface area contributed by atoms with Crippen LogP contribution >= 0.6 is 7.60 Å². The quantitative estimate of drug-likeness (QED) is 0.0155. The number of hydrogen-bond acceptors (Lipinski definition) is 25. The minimum atomic E-state index is -3.76. The molecule has 3 fully saturated rings. The van der Waals surface area contributed by atoms with Crippen molar-refractivity contribution in [2.24, 2.45) is 5.92 Å². The van der Waals surface area contributed by atoms with Gasteiger partial charge in [0.05, 0.1) is 45.6 Å². The lowest BCUT2D eigenvalue weighted by molar-refractivity contribution is -0.379. The van der Waals surface area contributed by atoms with E-state index in [0.29, 0.717) is 25.7 Å². The van der Waals surface area contributed by atoms with Crippen LogP contribution in [0.3, 0.4) is 0 Å². The van der Waals surface area contributed by atoms with Gasteiger partial charge in [0.2, 0.25) is 11.8 Å². The van der Waals surface area contributed by atoms with E-state index in [1.807, 2.05) is 6.08 Å². The third-order valence-electron chi connectivity index (χ3n) is 17.2. The Hall–Kier alpha value is -3.13. The Balaban J connectivity index is 1.40. The predicted molar refractivity (Wildman–Crippen MR) is 355 cm³/mol. The van der Waals surface area contributed by atoms with Gasteiger partial charge in [0.25, 0.3) is 0 Å². The van der Waals surface area contributed by atoms with Crippen molar-refractivity contribution in [3.63, 3.8) is 0 Å². The molecule has 0 aromatic heterocycles. The van der Waals surface area contributed by atoms with Crippen molar-refractivity contribution in [1.82, 2.24) is 10.6 Å². The van der Waals surface area contributed by atoms with Crippen LogP contribution in [0.5, 0.6) is 0 Å². The standard InChI is InChI=1S/C68H123N2O25P/c1-5-8-11-14-16-18-19-20-21-22-23-24-26-28-31-38-55(76)90-49(46-87-65(84)48(34-29-13-10-7-3)35-30-27-25-17-15-12-9-6-2)47-89-96(4,85)88-42-40-70-54(75)37-33-32-36-53(74)69-39-41-86-66-61(82)58(79)63(51(44-72)92-66)95-68-62(83)59(80)64(52(45-73)93-68)94-67-60(81)57(78)56(77)50(43-71)91-67/h20-21,30,35,48-52,56-64,66-68,71-73,77-83H,5-19,22-29,31-34,36-47H2,1-4H3,(H,69,74)(H,70,75)/b21-20-,35-30+/t48?,49-,50?,51?,52?,56-,57-,58+,59+,60?,61?,62?,63+,64-,66+,67+,68-,96?/m0/s1. The smallest absolute Gasteiger partial charge is 0.327 e. The van der Waals surface area contributed by atoms with Gasteiger partial charge in [-0.1, -0.05) is 154 Å². The summed E-state index contributed by atoms with van der Waals surface area (Å²) in [7, 11) is -3.76. The van der Waals surface area contributed by atoms with Crippen LogP contribution < -0.4 is 10.6 Å². The molecule has 96 heavy (non-hydrogen) atoms. The van der Waals surface area contributed by atoms with Crippen molar-refractivity contribution < 1.29 is 122 Å². The average Bonchev–Trinajstić information content (AvgIpc) is 0.792. The molecule has 0 spiro atoms. The van der Waals surface area contributed by atoms with Crippen LogP contribution in [0, 0.1) is 5.92 Å². The lowest BCUT2D eigenvalue weighted by Crippen LogP contribution is -2.66. The first-order chi connectivity index (χ1) is 46.2. The first-order valence-electron chi connectivity index (χ1n) is 35.8. The van der Waals surface area contributed by atoms with Crippen molar-refractivity contribution in [2.45, 2.75) is 312 Å². The van der Waals surface area contributed by atoms with E-state index in [2.05, 4.69) is 49.6 Å². The molecule has 0 saturated carbocycles. The SMILES string of the molecule is CCCCCCCC/C=C\CCCCCCCC(=O)O[C@@H](COC(=O)C(/C=C/CCCCCCCC)CCCCCC)COP(C)(=O)OCCNC(=O)CCCCC(=O)NCCO[C@@H]1OC(CO)[C@@H](O[C@@H]2OC(CO)[C@H](O[C@H]3OC(CO)[C@H](O)[C@H](O)C3O)[C@H](O)C2O)[C@H](O)C1O. The third kappa shape index (κ3) is 35.0. The summed E-state index contributed by atoms with van der Waals surface area (Å²) in [6, 6.07) is 0. The summed E-state index contributed by atoms with van der Waals surface area (Å²) in [6.45, 7) is 4.22. The third-order valence-corrected chi connectivity index (χ3v) is 18.5. The number of allylic oxidation sites excluding steroid dienone is 3. The maximum Gasteiger partial charge on any atom is 0.327 e. The molecule has 0 bridgehead atoms. The Kier molecular flexibility index (Phi) is 47.1. The molecule has 3 rings (SSSR count). The van der Waals surface area contributed by atoms with Crippen LogP contribution in [0.4, 0.5) is 0 Å². The van der Waals surface area contributed by atoms with Gasteiger partial charge >= 0.3 is 19.5 Å². The minimum absolute atomic E-state index is 0.00931. The Morgan fingerprint density at radius 2 is 0.917 bits per heavy atom. The molecule has 28 heteroatoms. The van der Waals surface area contributed by atoms with Crippen LogP contribution in [0.1, 0.15) is 213 Å². The second kappa shape index (κ2) is 51.9. The normalized spacial score (nSPS) is 27.5. The number of rotatable bonds is 55. The highest BCUT2D eigenvalue weighted by Crippen LogP contribution is 2.44. The molecule has 0 aromatic rings. The number of hydrogen-bond donors (Lipinski definition) is 12. The maximum absolute atomic E-state index is 13.6. The summed E-state index contributed by atoms with van der Waals surface area (Å²) in [5.74, 6) is -2.08. The first-order valence-corrected chi connectivity index (χ1v) is 37.8. The van der Waals surface area contributed by atoms with Gasteiger partial charge in [0.1, 0.15) is 79.9 Å². The molecule has 18 atom stereocenters. The number of aliphatic hydroxyl groups excluding tert-OH is 10. The topological polar surface area (TPSA) is 404 Å². The lowest BCUT2D eigenvalue weighted by atomic mass is 9.96. The number of aliphatic hydroxyl groups is 10. The van der Waals surface area contributed by atoms with E-state index in [4.69, 9.17) is 46.9 Å². The Labute approximate surface area is 569 Å². The Morgan fingerprint density at radius 1 is 0.479 bits per heavy atom. The molecule has 27 nitrogen and oxygen atoms in total.